The summed E-state index contributed by atoms with van der Waals surface area (Å²) in [6.45, 7) is 4.27. The summed E-state index contributed by atoms with van der Waals surface area (Å²) in [6, 6.07) is 0. The van der Waals surface area contributed by atoms with Crippen LogP contribution in [0, 0.1) is 28.6 Å². The number of allylic oxidation sites excluding steroid dienone is 1. The Morgan fingerprint density at radius 2 is 1.92 bits per heavy atom. The normalized spacial score (nSPS) is 55.3. The van der Waals surface area contributed by atoms with Crippen molar-refractivity contribution in [3.05, 3.63) is 23.3 Å². The number of rotatable bonds is 2. The van der Waals surface area contributed by atoms with Crippen molar-refractivity contribution in [2.45, 2.75) is 107 Å². The van der Waals surface area contributed by atoms with Gasteiger partial charge in [-0.1, -0.05) is 18.6 Å². The van der Waals surface area contributed by atoms with Crippen LogP contribution in [0.4, 0.5) is 0 Å². The van der Waals surface area contributed by atoms with Crippen LogP contribution >= 0.6 is 0 Å². The quantitative estimate of drug-likeness (QED) is 0.278. The fraction of sp³-hybridized carbons (Fsp3) is 0.793. The van der Waals surface area contributed by atoms with Crippen molar-refractivity contribution < 1.29 is 43.9 Å². The highest BCUT2D eigenvalue weighted by Gasteiger charge is 2.69. The molecular weight excluding hydrogens is 492 g/mol. The predicted octanol–water partition coefficient (Wildman–Crippen LogP) is 1.92. The number of ether oxygens (including phenoxy) is 4. The van der Waals surface area contributed by atoms with Gasteiger partial charge in [-0.2, -0.15) is 0 Å². The molecule has 2 saturated heterocycles. The Morgan fingerprint density at radius 3 is 2.66 bits per heavy atom. The number of aliphatic hydroxyl groups excluding tert-OH is 1. The van der Waals surface area contributed by atoms with Gasteiger partial charge >= 0.3 is 5.97 Å². The lowest BCUT2D eigenvalue weighted by Crippen LogP contribution is -2.70. The smallest absolute Gasteiger partial charge is 0.331 e. The number of carbonyl (C=O) groups excluding carboxylic acids is 2. The lowest BCUT2D eigenvalue weighted by atomic mass is 9.45. The second-order valence-corrected chi connectivity index (χ2v) is 13.2. The molecular formula is C29H38O9. The van der Waals surface area contributed by atoms with Crippen LogP contribution in [0.1, 0.15) is 65.2 Å². The number of hydrogen-bond acceptors (Lipinski definition) is 9. The molecule has 38 heavy (non-hydrogen) atoms. The minimum Gasteiger partial charge on any atom is -0.458 e. The zero-order valence-electron chi connectivity index (χ0n) is 22.0. The third-order valence-corrected chi connectivity index (χ3v) is 11.6. The molecule has 0 spiro atoms. The van der Waals surface area contributed by atoms with Gasteiger partial charge < -0.3 is 39.1 Å². The Balaban J connectivity index is 1.21. The summed E-state index contributed by atoms with van der Waals surface area (Å²) < 4.78 is 23.4. The molecule has 0 aromatic rings. The van der Waals surface area contributed by atoms with Gasteiger partial charge in [-0.3, -0.25) is 0 Å². The van der Waals surface area contributed by atoms with Crippen molar-refractivity contribution in [1.82, 2.24) is 0 Å². The van der Waals surface area contributed by atoms with Crippen LogP contribution in [0.15, 0.2) is 23.3 Å². The fourth-order valence-corrected chi connectivity index (χ4v) is 9.62. The molecule has 9 heteroatoms. The van der Waals surface area contributed by atoms with E-state index >= 15 is 0 Å². The number of cyclic esters (lactones) is 1. The van der Waals surface area contributed by atoms with E-state index in [2.05, 4.69) is 13.0 Å². The SMILES string of the molecule is C[C@@H]1C[C@@H](O)[C@]2(O)O[C@@H]3C[C@@]4(C=O)C(=CC[C@@H]5[C@@H]4CC[C@]4(C)[C@@H](C6=CC(=O)OC6)CC[C@]54O)C[C@H]3O[C@@H]2O1. The third-order valence-electron chi connectivity index (χ3n) is 11.6. The molecule has 0 bridgehead atoms. The summed E-state index contributed by atoms with van der Waals surface area (Å²) >= 11 is 0. The Bertz CT molecular complexity index is 1120. The minimum atomic E-state index is -1.98. The zero-order valence-corrected chi connectivity index (χ0v) is 22.0. The average molecular weight is 531 g/mol. The molecule has 3 aliphatic heterocycles. The first-order valence-electron chi connectivity index (χ1n) is 14.2. The zero-order chi connectivity index (χ0) is 26.7. The fourth-order valence-electron chi connectivity index (χ4n) is 9.62. The number of carbonyl (C=O) groups is 2. The third kappa shape index (κ3) is 3.14. The monoisotopic (exact) mass is 530 g/mol. The first-order chi connectivity index (χ1) is 18.0. The van der Waals surface area contributed by atoms with Crippen LogP contribution < -0.4 is 0 Å². The van der Waals surface area contributed by atoms with Gasteiger partial charge in [0.2, 0.25) is 12.1 Å². The highest BCUT2D eigenvalue weighted by molar-refractivity contribution is 5.85. The predicted molar refractivity (Wildman–Crippen MR) is 131 cm³/mol. The molecule has 3 N–H and O–H groups in total. The molecule has 0 aromatic carbocycles. The standard InChI is InChI=1S/C29H38O9/c1-15-9-23(31)29(34)25(36-15)37-21-11-17-3-4-20-19(27(17,14-30)12-22(21)38-29)5-7-26(2)18(6-8-28(20,26)33)16-10-24(32)35-13-16/h3,10,14-15,18-23,25,31,33-34H,4-9,11-13H2,1-2H3/t15-,18-,19+,20-,21-,22-,23-,25+,26-,27-,28+,29+/m1/s1. The van der Waals surface area contributed by atoms with Crippen molar-refractivity contribution in [3.8, 4) is 0 Å². The van der Waals surface area contributed by atoms with Crippen LogP contribution in [0.2, 0.25) is 0 Å². The number of aliphatic hydroxyl groups is 3. The summed E-state index contributed by atoms with van der Waals surface area (Å²) in [6.07, 6.45) is 5.91. The maximum absolute atomic E-state index is 13.1. The second-order valence-electron chi connectivity index (χ2n) is 13.2. The maximum Gasteiger partial charge on any atom is 0.331 e. The molecule has 208 valence electrons. The van der Waals surface area contributed by atoms with Crippen LogP contribution in [0.5, 0.6) is 0 Å². The first kappa shape index (κ1) is 25.4. The second kappa shape index (κ2) is 8.21. The van der Waals surface area contributed by atoms with Crippen LogP contribution in [0.25, 0.3) is 0 Å². The van der Waals surface area contributed by atoms with E-state index < -0.39 is 46.8 Å². The van der Waals surface area contributed by atoms with Gasteiger partial charge in [-0.15, -0.1) is 0 Å². The molecule has 7 aliphatic rings. The number of esters is 1. The molecule has 9 nitrogen and oxygen atoms in total. The highest BCUT2D eigenvalue weighted by Crippen LogP contribution is 2.69. The van der Waals surface area contributed by atoms with E-state index in [0.29, 0.717) is 32.3 Å². The Morgan fingerprint density at radius 1 is 1.11 bits per heavy atom. The lowest BCUT2D eigenvalue weighted by Gasteiger charge is -2.62. The van der Waals surface area contributed by atoms with Crippen LogP contribution in [-0.2, 0) is 28.5 Å². The van der Waals surface area contributed by atoms with Gasteiger partial charge in [0.25, 0.3) is 0 Å². The van der Waals surface area contributed by atoms with Crippen molar-refractivity contribution >= 4 is 12.3 Å². The summed E-state index contributed by atoms with van der Waals surface area (Å²) in [4.78, 5) is 24.9. The number of aldehydes is 1. The summed E-state index contributed by atoms with van der Waals surface area (Å²) in [5.41, 5.74) is -0.215. The molecule has 0 radical (unpaired) electrons. The van der Waals surface area contributed by atoms with Gasteiger partial charge in [0.1, 0.15) is 19.0 Å². The Kier molecular flexibility index (Phi) is 5.48. The van der Waals surface area contributed by atoms with Gasteiger partial charge in [0.05, 0.1) is 29.3 Å². The van der Waals surface area contributed by atoms with Crippen LogP contribution in [0.3, 0.4) is 0 Å². The summed E-state index contributed by atoms with van der Waals surface area (Å²) in [5.74, 6) is -2.40. The van der Waals surface area contributed by atoms with E-state index in [1.54, 1.807) is 6.08 Å². The molecule has 0 amide bonds. The van der Waals surface area contributed by atoms with Crippen molar-refractivity contribution in [1.29, 1.82) is 0 Å². The average Bonchev–Trinajstić information content (AvgIpc) is 3.42. The van der Waals surface area contributed by atoms with E-state index in [-0.39, 0.29) is 36.2 Å². The van der Waals surface area contributed by atoms with Crippen molar-refractivity contribution in [2.24, 2.45) is 28.6 Å². The molecule has 0 unspecified atom stereocenters. The van der Waals surface area contributed by atoms with Crippen LogP contribution in [-0.4, -0.2) is 76.3 Å². The van der Waals surface area contributed by atoms with Gasteiger partial charge in [0.15, 0.2) is 0 Å². The lowest BCUT2D eigenvalue weighted by molar-refractivity contribution is -0.453. The molecule has 4 aliphatic carbocycles. The van der Waals surface area contributed by atoms with E-state index in [9.17, 15) is 24.9 Å². The topological polar surface area (TPSA) is 132 Å². The molecule has 3 saturated carbocycles. The van der Waals surface area contributed by atoms with Gasteiger partial charge in [-0.25, -0.2) is 4.79 Å². The molecule has 3 heterocycles. The Labute approximate surface area is 222 Å². The van der Waals surface area contributed by atoms with Gasteiger partial charge in [0, 0.05) is 17.9 Å². The largest absolute Gasteiger partial charge is 0.458 e. The summed E-state index contributed by atoms with van der Waals surface area (Å²) in [5, 5.41) is 34.3. The van der Waals surface area contributed by atoms with E-state index in [1.165, 1.54) is 0 Å². The van der Waals surface area contributed by atoms with E-state index in [1.807, 2.05) is 6.92 Å². The van der Waals surface area contributed by atoms with Gasteiger partial charge in [-0.05, 0) is 75.2 Å². The minimum absolute atomic E-state index is 0.0725. The first-order valence-corrected chi connectivity index (χ1v) is 14.2. The van der Waals surface area contributed by atoms with E-state index in [4.69, 9.17) is 18.9 Å². The Hall–Kier alpha value is -1.62. The molecule has 12 atom stereocenters. The molecule has 5 fully saturated rings. The van der Waals surface area contributed by atoms with E-state index in [0.717, 1.165) is 36.7 Å². The van der Waals surface area contributed by atoms with Crippen molar-refractivity contribution in [2.75, 3.05) is 6.61 Å². The molecule has 0 aromatic heterocycles. The highest BCUT2D eigenvalue weighted by atomic mass is 16.8. The summed E-state index contributed by atoms with van der Waals surface area (Å²) in [7, 11) is 0. The number of hydrogen-bond donors (Lipinski definition) is 3. The number of fused-ring (bicyclic) bond motifs is 7. The molecule has 7 rings (SSSR count). The van der Waals surface area contributed by atoms with Crippen molar-refractivity contribution in [3.63, 3.8) is 0 Å². The maximum atomic E-state index is 13.1.